The Balaban J connectivity index is 1.32. The molecule has 0 saturated heterocycles. The normalized spacial score (nSPS) is 17.1. The number of rotatable bonds is 6. The summed E-state index contributed by atoms with van der Waals surface area (Å²) in [5, 5.41) is 23.2. The van der Waals surface area contributed by atoms with E-state index in [9.17, 15) is 0 Å². The fourth-order valence-corrected chi connectivity index (χ4v) is 3.33. The van der Waals surface area contributed by atoms with Gasteiger partial charge in [0.15, 0.2) is 11.6 Å². The first-order valence-corrected chi connectivity index (χ1v) is 10.0. The second-order valence-corrected chi connectivity index (χ2v) is 7.88. The summed E-state index contributed by atoms with van der Waals surface area (Å²) >= 11 is 10.5. The van der Waals surface area contributed by atoms with E-state index in [1.165, 1.54) is 0 Å². The molecule has 0 spiro atoms. The van der Waals surface area contributed by atoms with Crippen LogP contribution in [0.15, 0.2) is 34.5 Å². The Morgan fingerprint density at radius 3 is 1.54 bits per heavy atom. The molecule has 142 valence electrons. The first-order valence-electron chi connectivity index (χ1n) is 9.22. The molecule has 0 unspecified atom stereocenters. The van der Waals surface area contributed by atoms with Crippen LogP contribution >= 0.6 is 24.4 Å². The molecule has 3 aromatic rings. The number of aromatic nitrogens is 6. The standard InChI is InChI=1S/C18H18N8S2/c27-17-23-21-15(13-5-6-13)25(17)19-9-11-1-2-12(4-3-11)10-20-26-16(14-7-8-14)22-24-18(26)28/h1-4,9-10,13-14H,5-8H2,(H,23,27)(H,24,28)/b19-9-,20-10-. The van der Waals surface area contributed by atoms with Gasteiger partial charge in [0, 0.05) is 11.8 Å². The minimum absolute atomic E-state index is 0.471. The second kappa shape index (κ2) is 7.02. The maximum Gasteiger partial charge on any atom is 0.216 e. The highest BCUT2D eigenvalue weighted by molar-refractivity contribution is 7.71. The monoisotopic (exact) mass is 410 g/mol. The van der Waals surface area contributed by atoms with Crippen LogP contribution in [0, 0.1) is 9.54 Å². The van der Waals surface area contributed by atoms with E-state index in [-0.39, 0.29) is 0 Å². The molecule has 2 aromatic heterocycles. The van der Waals surface area contributed by atoms with E-state index in [4.69, 9.17) is 24.4 Å². The molecule has 8 nitrogen and oxygen atoms in total. The Morgan fingerprint density at radius 2 is 1.18 bits per heavy atom. The SMILES string of the molecule is S=c1[nH]nc(C2CC2)n1/N=C\c1ccc(/C=N\n2c(C3CC3)n[nH]c2=S)cc1. The summed E-state index contributed by atoms with van der Waals surface area (Å²) in [6, 6.07) is 7.95. The third-order valence-corrected chi connectivity index (χ3v) is 5.35. The van der Waals surface area contributed by atoms with Crippen LogP contribution in [0.25, 0.3) is 0 Å². The van der Waals surface area contributed by atoms with Crippen molar-refractivity contribution in [3.8, 4) is 0 Å². The average Bonchev–Trinajstić information content (AvgIpc) is 3.63. The van der Waals surface area contributed by atoms with Crippen molar-refractivity contribution in [3.63, 3.8) is 0 Å². The van der Waals surface area contributed by atoms with Crippen molar-refractivity contribution in [2.75, 3.05) is 0 Å². The minimum Gasteiger partial charge on any atom is -0.250 e. The van der Waals surface area contributed by atoms with Crippen molar-refractivity contribution in [3.05, 3.63) is 56.6 Å². The molecule has 0 atom stereocenters. The Kier molecular flexibility index (Phi) is 4.36. The van der Waals surface area contributed by atoms with Crippen LogP contribution in [0.4, 0.5) is 0 Å². The van der Waals surface area contributed by atoms with Crippen molar-refractivity contribution >= 4 is 36.9 Å². The summed E-state index contributed by atoms with van der Waals surface area (Å²) in [6.07, 6.45) is 8.16. The van der Waals surface area contributed by atoms with Gasteiger partial charge in [-0.1, -0.05) is 24.3 Å². The molecule has 1 aromatic carbocycles. The van der Waals surface area contributed by atoms with Crippen molar-refractivity contribution in [1.29, 1.82) is 0 Å². The molecule has 2 aliphatic rings. The van der Waals surface area contributed by atoms with Gasteiger partial charge in [-0.2, -0.15) is 29.8 Å². The van der Waals surface area contributed by atoms with E-state index in [0.717, 1.165) is 48.5 Å². The Hall–Kier alpha value is -2.72. The van der Waals surface area contributed by atoms with Gasteiger partial charge in [0.1, 0.15) is 0 Å². The first kappa shape index (κ1) is 17.4. The van der Waals surface area contributed by atoms with Gasteiger partial charge in [0.25, 0.3) is 0 Å². The van der Waals surface area contributed by atoms with E-state index in [0.29, 0.717) is 21.4 Å². The molecule has 0 aliphatic heterocycles. The predicted octanol–water partition coefficient (Wildman–Crippen LogP) is 3.71. The average molecular weight is 411 g/mol. The zero-order chi connectivity index (χ0) is 19.1. The summed E-state index contributed by atoms with van der Waals surface area (Å²) in [5.74, 6) is 2.76. The van der Waals surface area contributed by atoms with Gasteiger partial charge in [-0.15, -0.1) is 0 Å². The lowest BCUT2D eigenvalue weighted by atomic mass is 10.2. The Bertz CT molecular complexity index is 1080. The third kappa shape index (κ3) is 3.52. The Morgan fingerprint density at radius 1 is 0.786 bits per heavy atom. The second-order valence-electron chi connectivity index (χ2n) is 7.10. The maximum absolute atomic E-state index is 5.27. The third-order valence-electron chi connectivity index (χ3n) is 4.82. The zero-order valence-electron chi connectivity index (χ0n) is 14.9. The minimum atomic E-state index is 0.471. The van der Waals surface area contributed by atoms with Crippen LogP contribution < -0.4 is 0 Å². The molecule has 2 N–H and O–H groups in total. The van der Waals surface area contributed by atoms with Gasteiger partial charge in [-0.25, -0.2) is 0 Å². The van der Waals surface area contributed by atoms with E-state index >= 15 is 0 Å². The van der Waals surface area contributed by atoms with Gasteiger partial charge >= 0.3 is 0 Å². The molecular formula is C18H18N8S2. The molecule has 5 rings (SSSR count). The number of nitrogens with zero attached hydrogens (tertiary/aromatic N) is 6. The van der Waals surface area contributed by atoms with Crippen molar-refractivity contribution in [1.82, 2.24) is 29.7 Å². The molecule has 0 radical (unpaired) electrons. The topological polar surface area (TPSA) is 91.9 Å². The highest BCUT2D eigenvalue weighted by Gasteiger charge is 2.29. The van der Waals surface area contributed by atoms with Gasteiger partial charge in [-0.05, 0) is 61.2 Å². The summed E-state index contributed by atoms with van der Waals surface area (Å²) in [6.45, 7) is 0. The molecule has 0 bridgehead atoms. The number of hydrogen-bond donors (Lipinski definition) is 2. The predicted molar refractivity (Wildman–Crippen MR) is 111 cm³/mol. The molecule has 2 fully saturated rings. The summed E-state index contributed by atoms with van der Waals surface area (Å²) in [7, 11) is 0. The fourth-order valence-electron chi connectivity index (χ4n) is 2.96. The lowest BCUT2D eigenvalue weighted by Crippen LogP contribution is -1.98. The number of aromatic amines is 2. The van der Waals surface area contributed by atoms with E-state index in [1.807, 2.05) is 24.3 Å². The van der Waals surface area contributed by atoms with Gasteiger partial charge in [0.05, 0.1) is 12.4 Å². The Labute approximate surface area is 171 Å². The van der Waals surface area contributed by atoms with Crippen molar-refractivity contribution in [2.24, 2.45) is 10.2 Å². The fraction of sp³-hybridized carbons (Fsp3) is 0.333. The number of hydrogen-bond acceptors (Lipinski definition) is 6. The van der Waals surface area contributed by atoms with Crippen LogP contribution in [0.5, 0.6) is 0 Å². The molecule has 0 amide bonds. The quantitative estimate of drug-likeness (QED) is 0.479. The van der Waals surface area contributed by atoms with Gasteiger partial charge < -0.3 is 0 Å². The van der Waals surface area contributed by atoms with Crippen molar-refractivity contribution < 1.29 is 0 Å². The first-order chi connectivity index (χ1) is 13.7. The van der Waals surface area contributed by atoms with Crippen LogP contribution in [0.2, 0.25) is 0 Å². The van der Waals surface area contributed by atoms with E-state index in [1.54, 1.807) is 21.8 Å². The van der Waals surface area contributed by atoms with Crippen LogP contribution in [0.3, 0.4) is 0 Å². The molecule has 28 heavy (non-hydrogen) atoms. The molecular weight excluding hydrogens is 392 g/mol. The number of benzene rings is 1. The van der Waals surface area contributed by atoms with E-state index < -0.39 is 0 Å². The zero-order valence-corrected chi connectivity index (χ0v) is 16.6. The van der Waals surface area contributed by atoms with Crippen molar-refractivity contribution in [2.45, 2.75) is 37.5 Å². The largest absolute Gasteiger partial charge is 0.250 e. The smallest absolute Gasteiger partial charge is 0.216 e. The van der Waals surface area contributed by atoms with Gasteiger partial charge in [0.2, 0.25) is 9.54 Å². The van der Waals surface area contributed by atoms with Crippen LogP contribution in [-0.4, -0.2) is 42.2 Å². The highest BCUT2D eigenvalue weighted by atomic mass is 32.1. The summed E-state index contributed by atoms with van der Waals surface area (Å²) < 4.78 is 4.46. The molecule has 2 aliphatic carbocycles. The highest BCUT2D eigenvalue weighted by Crippen LogP contribution is 2.39. The van der Waals surface area contributed by atoms with E-state index in [2.05, 4.69) is 30.6 Å². The van der Waals surface area contributed by atoms with Crippen LogP contribution in [0.1, 0.15) is 60.3 Å². The molecule has 2 heterocycles. The lowest BCUT2D eigenvalue weighted by molar-refractivity contribution is 0.772. The molecule has 2 saturated carbocycles. The molecule has 10 heteroatoms. The van der Waals surface area contributed by atoms with Crippen LogP contribution in [-0.2, 0) is 0 Å². The number of nitrogens with one attached hydrogen (secondary N) is 2. The maximum atomic E-state index is 5.27. The summed E-state index contributed by atoms with van der Waals surface area (Å²) in [4.78, 5) is 0. The summed E-state index contributed by atoms with van der Waals surface area (Å²) in [5.41, 5.74) is 1.95. The lowest BCUT2D eigenvalue weighted by Gasteiger charge is -2.00. The van der Waals surface area contributed by atoms with Gasteiger partial charge in [-0.3, -0.25) is 10.2 Å². The number of H-pyrrole nitrogens is 2.